The average Bonchev–Trinajstić information content (AvgIpc) is 2.23. The molecule has 7 nitrogen and oxygen atoms in total. The number of methoxy groups -OCH3 is 1. The molecule has 6 N–H and O–H groups in total. The second-order valence-electron chi connectivity index (χ2n) is 2.97. The maximum Gasteiger partial charge on any atom is 0.326 e. The van der Waals surface area contributed by atoms with Crippen LogP contribution in [0.5, 0.6) is 11.5 Å². The molecule has 0 bridgehead atoms. The Morgan fingerprint density at radius 2 is 2.24 bits per heavy atom. The van der Waals surface area contributed by atoms with E-state index in [-0.39, 0.29) is 22.2 Å². The number of guanidine groups is 1. The number of benzene rings is 1. The molecular formula is C9H11ClN4O3. The largest absolute Gasteiger partial charge is 0.504 e. The van der Waals surface area contributed by atoms with Crippen molar-refractivity contribution in [3.05, 3.63) is 17.2 Å². The first-order valence-electron chi connectivity index (χ1n) is 4.43. The van der Waals surface area contributed by atoms with Crippen LogP contribution in [0, 0.1) is 5.41 Å². The topological polar surface area (TPSA) is 120 Å². The number of phenols is 1. The number of phenolic OH excluding ortho intramolecular Hbond substituents is 1. The van der Waals surface area contributed by atoms with E-state index in [0.29, 0.717) is 0 Å². The predicted molar refractivity (Wildman–Crippen MR) is 63.7 cm³/mol. The molecule has 2 amide bonds. The fourth-order valence-corrected chi connectivity index (χ4v) is 1.33. The Morgan fingerprint density at radius 3 is 2.76 bits per heavy atom. The lowest BCUT2D eigenvalue weighted by molar-refractivity contribution is 0.256. The van der Waals surface area contributed by atoms with Gasteiger partial charge >= 0.3 is 6.03 Å². The van der Waals surface area contributed by atoms with E-state index >= 15 is 0 Å². The van der Waals surface area contributed by atoms with Gasteiger partial charge in [0, 0.05) is 0 Å². The average molecular weight is 259 g/mol. The van der Waals surface area contributed by atoms with Crippen molar-refractivity contribution in [1.82, 2.24) is 5.32 Å². The molecule has 92 valence electrons. The van der Waals surface area contributed by atoms with Gasteiger partial charge in [0.15, 0.2) is 17.5 Å². The Morgan fingerprint density at radius 1 is 1.59 bits per heavy atom. The number of rotatable bonds is 2. The normalized spacial score (nSPS) is 9.53. The van der Waals surface area contributed by atoms with Crippen LogP contribution in [0.1, 0.15) is 0 Å². The molecule has 0 radical (unpaired) electrons. The van der Waals surface area contributed by atoms with E-state index in [4.69, 9.17) is 27.5 Å². The van der Waals surface area contributed by atoms with E-state index in [1.807, 2.05) is 5.32 Å². The summed E-state index contributed by atoms with van der Waals surface area (Å²) in [5, 5.41) is 20.9. The van der Waals surface area contributed by atoms with Crippen LogP contribution < -0.4 is 21.1 Å². The molecule has 0 spiro atoms. The SMILES string of the molecule is COc1c(O)ccc(Cl)c1NC(=O)NC(=N)N. The minimum Gasteiger partial charge on any atom is -0.504 e. The third-order valence-corrected chi connectivity index (χ3v) is 2.09. The number of anilines is 1. The zero-order valence-corrected chi connectivity index (χ0v) is 9.63. The maximum absolute atomic E-state index is 11.3. The molecule has 0 saturated carbocycles. The lowest BCUT2D eigenvalue weighted by Gasteiger charge is -2.13. The first-order chi connectivity index (χ1) is 7.95. The zero-order chi connectivity index (χ0) is 13.0. The third kappa shape index (κ3) is 3.15. The molecule has 1 aromatic carbocycles. The number of carbonyl (C=O) groups is 1. The van der Waals surface area contributed by atoms with E-state index in [1.54, 1.807) is 0 Å². The van der Waals surface area contributed by atoms with Crippen LogP contribution in [0.2, 0.25) is 5.02 Å². The number of hydrogen-bond acceptors (Lipinski definition) is 4. The molecule has 0 aliphatic rings. The number of nitrogens with one attached hydrogen (secondary N) is 3. The van der Waals surface area contributed by atoms with Crippen LogP contribution >= 0.6 is 11.6 Å². The number of aromatic hydroxyl groups is 1. The van der Waals surface area contributed by atoms with Gasteiger partial charge in [-0.15, -0.1) is 0 Å². The van der Waals surface area contributed by atoms with Crippen molar-refractivity contribution in [2.75, 3.05) is 12.4 Å². The van der Waals surface area contributed by atoms with E-state index in [9.17, 15) is 9.90 Å². The van der Waals surface area contributed by atoms with Gasteiger partial charge in [-0.05, 0) is 12.1 Å². The van der Waals surface area contributed by atoms with E-state index in [0.717, 1.165) is 0 Å². The van der Waals surface area contributed by atoms with Crippen LogP contribution in [0.4, 0.5) is 10.5 Å². The number of nitrogens with two attached hydrogens (primary N) is 1. The van der Waals surface area contributed by atoms with Crippen LogP contribution in [0.3, 0.4) is 0 Å². The third-order valence-electron chi connectivity index (χ3n) is 1.78. The van der Waals surface area contributed by atoms with E-state index in [1.165, 1.54) is 19.2 Å². The molecule has 17 heavy (non-hydrogen) atoms. The molecule has 0 heterocycles. The zero-order valence-electron chi connectivity index (χ0n) is 8.87. The highest BCUT2D eigenvalue weighted by Gasteiger charge is 2.15. The number of amides is 2. The first-order valence-corrected chi connectivity index (χ1v) is 4.81. The monoisotopic (exact) mass is 258 g/mol. The Labute approximate surface area is 102 Å². The quantitative estimate of drug-likeness (QED) is 0.402. The maximum atomic E-state index is 11.3. The molecule has 0 aromatic heterocycles. The van der Waals surface area contributed by atoms with Crippen molar-refractivity contribution in [1.29, 1.82) is 5.41 Å². The molecule has 1 rings (SSSR count). The summed E-state index contributed by atoms with van der Waals surface area (Å²) in [5.41, 5.74) is 5.07. The minimum absolute atomic E-state index is 0.0243. The molecule has 0 aliphatic carbocycles. The molecular weight excluding hydrogens is 248 g/mol. The van der Waals surface area contributed by atoms with Gasteiger partial charge in [0.05, 0.1) is 12.1 Å². The Bertz CT molecular complexity index is 464. The van der Waals surface area contributed by atoms with Crippen molar-refractivity contribution >= 4 is 29.3 Å². The smallest absolute Gasteiger partial charge is 0.326 e. The fraction of sp³-hybridized carbons (Fsp3) is 0.111. The van der Waals surface area contributed by atoms with E-state index in [2.05, 4.69) is 5.32 Å². The highest BCUT2D eigenvalue weighted by molar-refractivity contribution is 6.34. The summed E-state index contributed by atoms with van der Waals surface area (Å²) in [4.78, 5) is 11.3. The molecule has 8 heteroatoms. The minimum atomic E-state index is -0.761. The van der Waals surface area contributed by atoms with Gasteiger partial charge in [-0.3, -0.25) is 10.7 Å². The Balaban J connectivity index is 3.01. The molecule has 0 unspecified atom stereocenters. The van der Waals surface area contributed by atoms with Crippen LogP contribution in [0.15, 0.2) is 12.1 Å². The molecule has 0 saturated heterocycles. The summed E-state index contributed by atoms with van der Waals surface area (Å²) in [5.74, 6) is -0.663. The summed E-state index contributed by atoms with van der Waals surface area (Å²) in [6, 6.07) is 1.96. The summed E-state index contributed by atoms with van der Waals surface area (Å²) < 4.78 is 4.90. The van der Waals surface area contributed by atoms with Gasteiger partial charge in [-0.25, -0.2) is 4.79 Å². The predicted octanol–water partition coefficient (Wildman–Crippen LogP) is 1.07. The summed E-state index contributed by atoms with van der Waals surface area (Å²) in [6.45, 7) is 0. The van der Waals surface area contributed by atoms with Gasteiger partial charge in [-0.1, -0.05) is 11.6 Å². The number of carbonyl (C=O) groups excluding carboxylic acids is 1. The highest BCUT2D eigenvalue weighted by atomic mass is 35.5. The van der Waals surface area contributed by atoms with Crippen molar-refractivity contribution < 1.29 is 14.6 Å². The molecule has 0 fully saturated rings. The second kappa shape index (κ2) is 5.26. The summed E-state index contributed by atoms with van der Waals surface area (Å²) >= 11 is 5.84. The van der Waals surface area contributed by atoms with Gasteiger partial charge in [0.25, 0.3) is 0 Å². The lowest BCUT2D eigenvalue weighted by atomic mass is 10.2. The Kier molecular flexibility index (Phi) is 4.00. The van der Waals surface area contributed by atoms with Gasteiger partial charge in [-0.2, -0.15) is 0 Å². The van der Waals surface area contributed by atoms with Crippen LogP contribution in [-0.4, -0.2) is 24.2 Å². The van der Waals surface area contributed by atoms with Crippen molar-refractivity contribution in [2.45, 2.75) is 0 Å². The van der Waals surface area contributed by atoms with E-state index < -0.39 is 12.0 Å². The lowest BCUT2D eigenvalue weighted by Crippen LogP contribution is -2.38. The number of halogens is 1. The highest BCUT2D eigenvalue weighted by Crippen LogP contribution is 2.39. The number of ether oxygens (including phenoxy) is 1. The Hall–Kier alpha value is -2.15. The second-order valence-corrected chi connectivity index (χ2v) is 3.37. The van der Waals surface area contributed by atoms with Gasteiger partial charge < -0.3 is 20.9 Å². The summed E-state index contributed by atoms with van der Waals surface area (Å²) in [7, 11) is 1.32. The van der Waals surface area contributed by atoms with Gasteiger partial charge in [0.2, 0.25) is 0 Å². The first kappa shape index (κ1) is 12.9. The van der Waals surface area contributed by atoms with Crippen LogP contribution in [0.25, 0.3) is 0 Å². The van der Waals surface area contributed by atoms with Crippen LogP contribution in [-0.2, 0) is 0 Å². The molecule has 1 aromatic rings. The molecule has 0 atom stereocenters. The molecule has 0 aliphatic heterocycles. The standard InChI is InChI=1S/C9H11ClN4O3/c1-17-7-5(15)3-2-4(10)6(7)13-9(16)14-8(11)12/h2-3,15H,1H3,(H5,11,12,13,14,16). The van der Waals surface area contributed by atoms with Crippen molar-refractivity contribution in [3.8, 4) is 11.5 Å². The summed E-state index contributed by atoms with van der Waals surface area (Å²) in [6.07, 6.45) is 0. The van der Waals surface area contributed by atoms with Crippen molar-refractivity contribution in [3.63, 3.8) is 0 Å². The van der Waals surface area contributed by atoms with Crippen molar-refractivity contribution in [2.24, 2.45) is 5.73 Å². The number of hydrogen-bond donors (Lipinski definition) is 5. The fourth-order valence-electron chi connectivity index (χ4n) is 1.14. The van der Waals surface area contributed by atoms with Gasteiger partial charge in [0.1, 0.15) is 5.69 Å². The number of urea groups is 1.